The zero-order valence-electron chi connectivity index (χ0n) is 6.30. The van der Waals surface area contributed by atoms with E-state index < -0.39 is 0 Å². The Balaban J connectivity index is 0.000001000. The van der Waals surface area contributed by atoms with Crippen molar-refractivity contribution in [3.05, 3.63) is 36.0 Å². The Morgan fingerprint density at radius 2 is 2.50 bits per heavy atom. The minimum Gasteiger partial charge on any atom is -0.316 e. The molecule has 0 saturated carbocycles. The molecule has 1 rings (SSSR count). The van der Waals surface area contributed by atoms with Crippen LogP contribution in [0.15, 0.2) is 36.0 Å². The zero-order chi connectivity index (χ0) is 7.23. The van der Waals surface area contributed by atoms with Gasteiger partial charge in [0.25, 0.3) is 0 Å². The molecular weight excluding hydrogens is 122 g/mol. The van der Waals surface area contributed by atoms with E-state index in [0.717, 1.165) is 13.0 Å². The standard InChI is InChI=1S/C9H13N.H2/c1-10-8-9-6-4-2-3-5-7-9;/h2,4-7,10H,3,8H2,1H3;1H. The van der Waals surface area contributed by atoms with Crippen molar-refractivity contribution in [1.29, 1.82) is 0 Å². The van der Waals surface area contributed by atoms with Crippen LogP contribution in [0.2, 0.25) is 0 Å². The van der Waals surface area contributed by atoms with E-state index in [-0.39, 0.29) is 1.43 Å². The summed E-state index contributed by atoms with van der Waals surface area (Å²) in [6.45, 7) is 0.959. The highest BCUT2D eigenvalue weighted by Crippen LogP contribution is 2.02. The molecule has 0 unspecified atom stereocenters. The Kier molecular flexibility index (Phi) is 2.97. The van der Waals surface area contributed by atoms with Crippen LogP contribution >= 0.6 is 0 Å². The van der Waals surface area contributed by atoms with E-state index in [1.165, 1.54) is 5.57 Å². The Morgan fingerprint density at radius 1 is 1.60 bits per heavy atom. The molecule has 1 heteroatoms. The normalized spacial score (nSPS) is 16.7. The third-order valence-corrected chi connectivity index (χ3v) is 1.43. The maximum atomic E-state index is 3.11. The van der Waals surface area contributed by atoms with Gasteiger partial charge in [0.2, 0.25) is 0 Å². The van der Waals surface area contributed by atoms with Gasteiger partial charge in [-0.05, 0) is 19.0 Å². The van der Waals surface area contributed by atoms with Crippen LogP contribution < -0.4 is 5.32 Å². The van der Waals surface area contributed by atoms with Gasteiger partial charge in [0, 0.05) is 7.97 Å². The van der Waals surface area contributed by atoms with E-state index in [2.05, 4.69) is 35.7 Å². The first-order valence-electron chi connectivity index (χ1n) is 3.60. The van der Waals surface area contributed by atoms with E-state index in [1.54, 1.807) is 0 Å². The third kappa shape index (κ3) is 2.19. The Bertz CT molecular complexity index is 180. The molecule has 0 aromatic heterocycles. The molecule has 0 amide bonds. The predicted molar refractivity (Wildman–Crippen MR) is 47.0 cm³/mol. The molecule has 10 heavy (non-hydrogen) atoms. The molecule has 0 radical (unpaired) electrons. The summed E-state index contributed by atoms with van der Waals surface area (Å²) >= 11 is 0. The fourth-order valence-electron chi connectivity index (χ4n) is 0.946. The van der Waals surface area contributed by atoms with Crippen molar-refractivity contribution in [2.45, 2.75) is 6.42 Å². The highest BCUT2D eigenvalue weighted by atomic mass is 14.8. The van der Waals surface area contributed by atoms with Gasteiger partial charge in [-0.15, -0.1) is 0 Å². The second-order valence-electron chi connectivity index (χ2n) is 2.34. The molecule has 0 aliphatic heterocycles. The summed E-state index contributed by atoms with van der Waals surface area (Å²) in [6.07, 6.45) is 11.8. The van der Waals surface area contributed by atoms with Crippen molar-refractivity contribution in [2.24, 2.45) is 0 Å². The second-order valence-corrected chi connectivity index (χ2v) is 2.34. The molecule has 0 spiro atoms. The lowest BCUT2D eigenvalue weighted by atomic mass is 10.2. The molecule has 56 valence electrons. The summed E-state index contributed by atoms with van der Waals surface area (Å²) in [5, 5.41) is 3.11. The summed E-state index contributed by atoms with van der Waals surface area (Å²) in [5.41, 5.74) is 1.34. The number of rotatable bonds is 2. The molecule has 0 fully saturated rings. The van der Waals surface area contributed by atoms with E-state index in [0.29, 0.717) is 0 Å². The highest BCUT2D eigenvalue weighted by molar-refractivity contribution is 5.28. The van der Waals surface area contributed by atoms with Gasteiger partial charge in [0.05, 0.1) is 0 Å². The number of hydrogen-bond acceptors (Lipinski definition) is 1. The van der Waals surface area contributed by atoms with Gasteiger partial charge in [-0.3, -0.25) is 0 Å². The molecule has 0 aromatic carbocycles. The van der Waals surface area contributed by atoms with Crippen LogP contribution in [0.4, 0.5) is 0 Å². The molecule has 0 bridgehead atoms. The van der Waals surface area contributed by atoms with Gasteiger partial charge in [-0.25, -0.2) is 0 Å². The fraction of sp³-hybridized carbons (Fsp3) is 0.333. The molecule has 1 aliphatic carbocycles. The van der Waals surface area contributed by atoms with Crippen LogP contribution in [0.3, 0.4) is 0 Å². The predicted octanol–water partition coefficient (Wildman–Crippen LogP) is 1.89. The monoisotopic (exact) mass is 137 g/mol. The molecule has 0 heterocycles. The van der Waals surface area contributed by atoms with E-state index in [9.17, 15) is 0 Å². The Morgan fingerprint density at radius 3 is 3.30 bits per heavy atom. The molecule has 1 N–H and O–H groups in total. The lowest BCUT2D eigenvalue weighted by Crippen LogP contribution is -2.08. The van der Waals surface area contributed by atoms with Gasteiger partial charge in [-0.2, -0.15) is 0 Å². The zero-order valence-corrected chi connectivity index (χ0v) is 6.30. The van der Waals surface area contributed by atoms with Crippen molar-refractivity contribution < 1.29 is 1.43 Å². The van der Waals surface area contributed by atoms with Crippen molar-refractivity contribution in [1.82, 2.24) is 5.32 Å². The average Bonchev–Trinajstić information content (AvgIpc) is 2.17. The third-order valence-electron chi connectivity index (χ3n) is 1.43. The second kappa shape index (κ2) is 4.07. The van der Waals surface area contributed by atoms with E-state index in [1.807, 2.05) is 7.05 Å². The van der Waals surface area contributed by atoms with Crippen LogP contribution in [0.5, 0.6) is 0 Å². The van der Waals surface area contributed by atoms with Crippen molar-refractivity contribution in [3.63, 3.8) is 0 Å². The SMILES string of the molecule is CNCC1=CC=CCC=C1.[HH]. The highest BCUT2D eigenvalue weighted by Gasteiger charge is 1.89. The molecule has 1 aliphatic rings. The molecule has 0 saturated heterocycles. The first-order valence-corrected chi connectivity index (χ1v) is 3.60. The first-order chi connectivity index (χ1) is 4.93. The Hall–Kier alpha value is -0.820. The van der Waals surface area contributed by atoms with Crippen LogP contribution in [-0.2, 0) is 0 Å². The average molecular weight is 137 g/mol. The molecule has 0 atom stereocenters. The van der Waals surface area contributed by atoms with Crippen LogP contribution in [-0.4, -0.2) is 13.6 Å². The summed E-state index contributed by atoms with van der Waals surface area (Å²) < 4.78 is 0. The van der Waals surface area contributed by atoms with Gasteiger partial charge >= 0.3 is 0 Å². The molecule has 0 aromatic rings. The van der Waals surface area contributed by atoms with Gasteiger partial charge in [-0.1, -0.05) is 30.4 Å². The number of allylic oxidation sites excluding steroid dienone is 4. The number of hydrogen-bond donors (Lipinski definition) is 1. The van der Waals surface area contributed by atoms with Crippen LogP contribution in [0.1, 0.15) is 7.85 Å². The van der Waals surface area contributed by atoms with Gasteiger partial charge in [0.15, 0.2) is 0 Å². The molecule has 1 nitrogen and oxygen atoms in total. The van der Waals surface area contributed by atoms with Crippen molar-refractivity contribution in [3.8, 4) is 0 Å². The van der Waals surface area contributed by atoms with Gasteiger partial charge < -0.3 is 5.32 Å². The van der Waals surface area contributed by atoms with Crippen LogP contribution in [0.25, 0.3) is 0 Å². The lowest BCUT2D eigenvalue weighted by Gasteiger charge is -1.96. The minimum absolute atomic E-state index is 0. The van der Waals surface area contributed by atoms with Crippen molar-refractivity contribution >= 4 is 0 Å². The summed E-state index contributed by atoms with van der Waals surface area (Å²) in [4.78, 5) is 0. The number of likely N-dealkylation sites (N-methyl/N-ethyl adjacent to an activating group) is 1. The van der Waals surface area contributed by atoms with E-state index in [4.69, 9.17) is 0 Å². The van der Waals surface area contributed by atoms with Gasteiger partial charge in [0.1, 0.15) is 0 Å². The topological polar surface area (TPSA) is 12.0 Å². The lowest BCUT2D eigenvalue weighted by molar-refractivity contribution is 0.895. The van der Waals surface area contributed by atoms with Crippen LogP contribution in [0, 0.1) is 0 Å². The van der Waals surface area contributed by atoms with Crippen molar-refractivity contribution in [2.75, 3.05) is 13.6 Å². The smallest absolute Gasteiger partial charge is 0.0202 e. The Labute approximate surface area is 63.6 Å². The first kappa shape index (κ1) is 7.29. The minimum atomic E-state index is 0. The largest absolute Gasteiger partial charge is 0.316 e. The quantitative estimate of drug-likeness (QED) is 0.613. The molecular formula is C9H15N. The van der Waals surface area contributed by atoms with E-state index >= 15 is 0 Å². The maximum Gasteiger partial charge on any atom is 0.0202 e. The fourth-order valence-corrected chi connectivity index (χ4v) is 0.946. The maximum absolute atomic E-state index is 3.11. The number of nitrogens with one attached hydrogen (secondary N) is 1. The summed E-state index contributed by atoms with van der Waals surface area (Å²) in [5.74, 6) is 0. The summed E-state index contributed by atoms with van der Waals surface area (Å²) in [7, 11) is 1.96. The summed E-state index contributed by atoms with van der Waals surface area (Å²) in [6, 6.07) is 0.